The molecule has 0 aromatic heterocycles. The molecule has 2 unspecified atom stereocenters. The predicted octanol–water partition coefficient (Wildman–Crippen LogP) is 4.03. The van der Waals surface area contributed by atoms with Gasteiger partial charge >= 0.3 is 0 Å². The van der Waals surface area contributed by atoms with E-state index in [0.717, 1.165) is 12.6 Å². The van der Waals surface area contributed by atoms with E-state index in [0.29, 0.717) is 5.92 Å². The van der Waals surface area contributed by atoms with Crippen LogP contribution >= 0.6 is 0 Å². The van der Waals surface area contributed by atoms with E-state index < -0.39 is 0 Å². The highest BCUT2D eigenvalue weighted by Crippen LogP contribution is 2.37. The van der Waals surface area contributed by atoms with Crippen molar-refractivity contribution in [1.82, 2.24) is 5.32 Å². The second kappa shape index (κ2) is 5.40. The lowest BCUT2D eigenvalue weighted by atomic mass is 9.84. The van der Waals surface area contributed by atoms with E-state index in [4.69, 9.17) is 0 Å². The Morgan fingerprint density at radius 1 is 1.20 bits per heavy atom. The fraction of sp³-hybridized carbons (Fsp3) is 0.667. The molecular formula is C18H28N2. The highest BCUT2D eigenvalue weighted by molar-refractivity contribution is 5.59. The van der Waals surface area contributed by atoms with Crippen LogP contribution in [0.25, 0.3) is 0 Å². The maximum absolute atomic E-state index is 3.62. The third kappa shape index (κ3) is 2.85. The van der Waals surface area contributed by atoms with Crippen LogP contribution in [0.1, 0.15) is 63.5 Å². The lowest BCUT2D eigenvalue weighted by molar-refractivity contribution is 0.504. The van der Waals surface area contributed by atoms with Crippen LogP contribution in [-0.2, 0) is 5.41 Å². The van der Waals surface area contributed by atoms with E-state index in [1.165, 1.54) is 43.5 Å². The van der Waals surface area contributed by atoms with Gasteiger partial charge in [0.2, 0.25) is 0 Å². The molecule has 20 heavy (non-hydrogen) atoms. The fourth-order valence-electron chi connectivity index (χ4n) is 3.53. The maximum atomic E-state index is 3.62. The van der Waals surface area contributed by atoms with Crippen molar-refractivity contribution in [2.75, 3.05) is 18.4 Å². The van der Waals surface area contributed by atoms with Gasteiger partial charge in [-0.3, -0.25) is 0 Å². The van der Waals surface area contributed by atoms with Crippen molar-refractivity contribution in [1.29, 1.82) is 0 Å². The van der Waals surface area contributed by atoms with Crippen LogP contribution in [0.15, 0.2) is 18.2 Å². The molecule has 0 aliphatic carbocycles. The van der Waals surface area contributed by atoms with Gasteiger partial charge < -0.3 is 10.6 Å². The van der Waals surface area contributed by atoms with Crippen molar-refractivity contribution in [3.63, 3.8) is 0 Å². The maximum Gasteiger partial charge on any atom is 0.0376 e. The quantitative estimate of drug-likeness (QED) is 0.868. The van der Waals surface area contributed by atoms with Crippen molar-refractivity contribution in [2.45, 2.75) is 63.8 Å². The lowest BCUT2D eigenvalue weighted by Gasteiger charge is -2.21. The molecule has 0 amide bonds. The van der Waals surface area contributed by atoms with E-state index in [-0.39, 0.29) is 5.41 Å². The van der Waals surface area contributed by atoms with E-state index in [1.807, 2.05) is 0 Å². The third-order valence-electron chi connectivity index (χ3n) is 4.92. The van der Waals surface area contributed by atoms with Gasteiger partial charge in [-0.15, -0.1) is 0 Å². The van der Waals surface area contributed by atoms with Gasteiger partial charge in [-0.05, 0) is 54.8 Å². The molecule has 2 aliphatic heterocycles. The Kier molecular flexibility index (Phi) is 3.76. The Bertz CT molecular complexity index is 467. The minimum Gasteiger partial charge on any atom is -0.384 e. The second-order valence-corrected chi connectivity index (χ2v) is 7.50. The van der Waals surface area contributed by atoms with Gasteiger partial charge in [0.15, 0.2) is 0 Å². The number of hydrogen-bond acceptors (Lipinski definition) is 2. The average Bonchev–Trinajstić information content (AvgIpc) is 3.04. The molecule has 1 aromatic carbocycles. The minimum atomic E-state index is 0.245. The topological polar surface area (TPSA) is 24.1 Å². The number of nitrogens with one attached hydrogen (secondary N) is 2. The Hall–Kier alpha value is -1.02. The number of rotatable bonds is 3. The summed E-state index contributed by atoms with van der Waals surface area (Å²) in [5.41, 5.74) is 4.62. The molecule has 0 spiro atoms. The number of anilines is 1. The highest BCUT2D eigenvalue weighted by Gasteiger charge is 2.26. The van der Waals surface area contributed by atoms with Crippen molar-refractivity contribution in [3.8, 4) is 0 Å². The van der Waals surface area contributed by atoms with Crippen molar-refractivity contribution >= 4 is 5.69 Å². The van der Waals surface area contributed by atoms with Gasteiger partial charge in [0.1, 0.15) is 0 Å². The van der Waals surface area contributed by atoms with Gasteiger partial charge in [0.25, 0.3) is 0 Å². The molecular weight excluding hydrogens is 244 g/mol. The van der Waals surface area contributed by atoms with Crippen molar-refractivity contribution < 1.29 is 0 Å². The molecule has 110 valence electrons. The molecule has 1 aromatic rings. The molecule has 2 atom stereocenters. The van der Waals surface area contributed by atoms with Crippen LogP contribution in [-0.4, -0.2) is 19.1 Å². The zero-order valence-electron chi connectivity index (χ0n) is 13.1. The van der Waals surface area contributed by atoms with Gasteiger partial charge in [-0.1, -0.05) is 32.9 Å². The SMILES string of the molecule is CC(C)(C)c1ccc2c(c1)C(CCC1CCCN1)CN2. The van der Waals surface area contributed by atoms with Crippen LogP contribution in [0.4, 0.5) is 5.69 Å². The molecule has 2 N–H and O–H groups in total. The average molecular weight is 272 g/mol. The Labute approximate surface area is 123 Å². The lowest BCUT2D eigenvalue weighted by Crippen LogP contribution is -2.22. The Morgan fingerprint density at radius 3 is 2.75 bits per heavy atom. The highest BCUT2D eigenvalue weighted by atomic mass is 14.9. The molecule has 0 bridgehead atoms. The van der Waals surface area contributed by atoms with E-state index in [2.05, 4.69) is 49.6 Å². The molecule has 2 nitrogen and oxygen atoms in total. The molecule has 2 aliphatic rings. The van der Waals surface area contributed by atoms with Gasteiger partial charge in [0.05, 0.1) is 0 Å². The summed E-state index contributed by atoms with van der Waals surface area (Å²) >= 11 is 0. The van der Waals surface area contributed by atoms with Crippen LogP contribution < -0.4 is 10.6 Å². The summed E-state index contributed by atoms with van der Waals surface area (Å²) in [4.78, 5) is 0. The van der Waals surface area contributed by atoms with Crippen LogP contribution in [0.2, 0.25) is 0 Å². The first-order chi connectivity index (χ1) is 9.54. The Balaban J connectivity index is 1.71. The van der Waals surface area contributed by atoms with E-state index >= 15 is 0 Å². The zero-order valence-corrected chi connectivity index (χ0v) is 13.1. The summed E-state index contributed by atoms with van der Waals surface area (Å²) in [7, 11) is 0. The second-order valence-electron chi connectivity index (χ2n) is 7.50. The van der Waals surface area contributed by atoms with E-state index in [9.17, 15) is 0 Å². The third-order valence-corrected chi connectivity index (χ3v) is 4.92. The summed E-state index contributed by atoms with van der Waals surface area (Å²) in [5.74, 6) is 0.703. The van der Waals surface area contributed by atoms with Gasteiger partial charge in [-0.2, -0.15) is 0 Å². The molecule has 0 radical (unpaired) electrons. The van der Waals surface area contributed by atoms with E-state index in [1.54, 1.807) is 5.56 Å². The molecule has 1 saturated heterocycles. The van der Waals surface area contributed by atoms with Crippen LogP contribution in [0.5, 0.6) is 0 Å². The summed E-state index contributed by atoms with van der Waals surface area (Å²) < 4.78 is 0. The van der Waals surface area contributed by atoms with Crippen LogP contribution in [0, 0.1) is 0 Å². The summed E-state index contributed by atoms with van der Waals surface area (Å²) in [6.45, 7) is 9.24. The summed E-state index contributed by atoms with van der Waals surface area (Å²) in [6, 6.07) is 7.78. The van der Waals surface area contributed by atoms with Gasteiger partial charge in [0, 0.05) is 24.2 Å². The van der Waals surface area contributed by atoms with Crippen LogP contribution in [0.3, 0.4) is 0 Å². The Morgan fingerprint density at radius 2 is 2.05 bits per heavy atom. The molecule has 3 rings (SSSR count). The van der Waals surface area contributed by atoms with Gasteiger partial charge in [-0.25, -0.2) is 0 Å². The minimum absolute atomic E-state index is 0.245. The van der Waals surface area contributed by atoms with Crippen molar-refractivity contribution in [2.24, 2.45) is 0 Å². The summed E-state index contributed by atoms with van der Waals surface area (Å²) in [5, 5.41) is 7.20. The molecule has 2 heterocycles. The smallest absolute Gasteiger partial charge is 0.0376 e. The molecule has 0 saturated carbocycles. The first-order valence-corrected chi connectivity index (χ1v) is 8.16. The summed E-state index contributed by atoms with van der Waals surface area (Å²) in [6.07, 6.45) is 5.37. The predicted molar refractivity (Wildman–Crippen MR) is 86.6 cm³/mol. The normalized spacial score (nSPS) is 25.6. The first-order valence-electron chi connectivity index (χ1n) is 8.16. The standard InChI is InChI=1S/C18H28N2/c1-18(2,3)14-7-9-17-16(11-14)13(12-20-17)6-8-15-5-4-10-19-15/h7,9,11,13,15,19-20H,4-6,8,10,12H2,1-3H3. The number of fused-ring (bicyclic) bond motifs is 1. The number of hydrogen-bond donors (Lipinski definition) is 2. The zero-order chi connectivity index (χ0) is 14.2. The van der Waals surface area contributed by atoms with Crippen molar-refractivity contribution in [3.05, 3.63) is 29.3 Å². The largest absolute Gasteiger partial charge is 0.384 e. The molecule has 1 fully saturated rings. The number of benzene rings is 1. The fourth-order valence-corrected chi connectivity index (χ4v) is 3.53. The molecule has 2 heteroatoms. The first kappa shape index (κ1) is 13.9. The monoisotopic (exact) mass is 272 g/mol.